The number of aromatic carboxylic acids is 1. The Morgan fingerprint density at radius 2 is 1.38 bits per heavy atom. The van der Waals surface area contributed by atoms with E-state index in [0.29, 0.717) is 44.3 Å². The molecular weight excluding hydrogens is 515 g/mol. The first-order chi connectivity index (χ1) is 19.2. The molecule has 7 heteroatoms. The second-order valence-electron chi connectivity index (χ2n) is 9.78. The highest BCUT2D eigenvalue weighted by Crippen LogP contribution is 2.45. The zero-order valence-corrected chi connectivity index (χ0v) is 22.1. The van der Waals surface area contributed by atoms with Gasteiger partial charge in [0.15, 0.2) is 0 Å². The first-order valence-electron chi connectivity index (χ1n) is 12.7. The van der Waals surface area contributed by atoms with E-state index in [4.69, 9.17) is 9.72 Å². The highest BCUT2D eigenvalue weighted by Gasteiger charge is 2.32. The van der Waals surface area contributed by atoms with Crippen LogP contribution in [0.2, 0.25) is 0 Å². The lowest BCUT2D eigenvalue weighted by atomic mass is 9.83. The van der Waals surface area contributed by atoms with E-state index in [2.05, 4.69) is 0 Å². The van der Waals surface area contributed by atoms with Crippen LogP contribution in [0.25, 0.3) is 33.2 Å². The van der Waals surface area contributed by atoms with Crippen LogP contribution in [0.1, 0.15) is 53.0 Å². The van der Waals surface area contributed by atoms with Crippen LogP contribution >= 0.6 is 0 Å². The van der Waals surface area contributed by atoms with Crippen molar-refractivity contribution in [2.24, 2.45) is 0 Å². The maximum atomic E-state index is 14.8. The van der Waals surface area contributed by atoms with Gasteiger partial charge in [-0.15, -0.1) is 0 Å². The topological polar surface area (TPSA) is 59.4 Å². The lowest BCUT2D eigenvalue weighted by Crippen LogP contribution is -2.17. The standard InChI is InChI=1S/C33H26F3NO3/c1-18(2)30-28(32(40-3)25-16-17-26(36)24-7-5-4-6-23(24)25)27(19-8-12-21(34)13-9-19)29(33(38)39)31(37-30)20-10-14-22(35)15-11-20/h4-18,32H,1-3H3,(H,38,39). The molecule has 0 bridgehead atoms. The number of benzene rings is 4. The molecule has 4 nitrogen and oxygen atoms in total. The van der Waals surface area contributed by atoms with Crippen LogP contribution in [0.15, 0.2) is 84.9 Å². The SMILES string of the molecule is COC(c1c(C(C)C)nc(-c2ccc(F)cc2)c(C(=O)O)c1-c1ccc(F)cc1)c1ccc(F)c2ccccc12. The Bertz CT molecular complexity index is 1720. The molecule has 4 aromatic carbocycles. The minimum atomic E-state index is -1.26. The van der Waals surface area contributed by atoms with Crippen molar-refractivity contribution < 1.29 is 27.8 Å². The fourth-order valence-corrected chi connectivity index (χ4v) is 5.18. The Labute approximate surface area is 229 Å². The lowest BCUT2D eigenvalue weighted by molar-refractivity contribution is 0.0697. The Balaban J connectivity index is 1.95. The molecule has 0 amide bonds. The number of methoxy groups -OCH3 is 1. The molecule has 0 saturated heterocycles. The fourth-order valence-electron chi connectivity index (χ4n) is 5.18. The predicted molar refractivity (Wildman–Crippen MR) is 149 cm³/mol. The van der Waals surface area contributed by atoms with Gasteiger partial charge in [-0.2, -0.15) is 0 Å². The van der Waals surface area contributed by atoms with Gasteiger partial charge in [-0.05, 0) is 64.9 Å². The van der Waals surface area contributed by atoms with E-state index in [1.54, 1.807) is 30.3 Å². The summed E-state index contributed by atoms with van der Waals surface area (Å²) in [5.74, 6) is -2.82. The number of halogens is 3. The van der Waals surface area contributed by atoms with Gasteiger partial charge in [-0.3, -0.25) is 4.98 Å². The third-order valence-corrected chi connectivity index (χ3v) is 6.96. The summed E-state index contributed by atoms with van der Waals surface area (Å²) in [6.45, 7) is 3.84. The van der Waals surface area contributed by atoms with Crippen molar-refractivity contribution in [1.29, 1.82) is 0 Å². The average Bonchev–Trinajstić information content (AvgIpc) is 2.95. The van der Waals surface area contributed by atoms with Gasteiger partial charge < -0.3 is 9.84 Å². The molecule has 1 aromatic heterocycles. The Kier molecular flexibility index (Phi) is 7.41. The molecule has 5 aromatic rings. The monoisotopic (exact) mass is 541 g/mol. The predicted octanol–water partition coefficient (Wildman–Crippen LogP) is 8.54. The molecule has 0 aliphatic carbocycles. The number of hydrogen-bond acceptors (Lipinski definition) is 3. The number of carbonyl (C=O) groups is 1. The molecule has 1 N–H and O–H groups in total. The molecule has 0 spiro atoms. The van der Waals surface area contributed by atoms with Gasteiger partial charge in [0.1, 0.15) is 23.6 Å². The second kappa shape index (κ2) is 10.9. The lowest BCUT2D eigenvalue weighted by Gasteiger charge is -2.28. The normalized spacial score (nSPS) is 12.2. The molecule has 0 fully saturated rings. The van der Waals surface area contributed by atoms with Crippen molar-refractivity contribution in [3.63, 3.8) is 0 Å². The molecule has 1 unspecified atom stereocenters. The summed E-state index contributed by atoms with van der Waals surface area (Å²) in [6.07, 6.45) is -0.851. The Morgan fingerprint density at radius 3 is 1.93 bits per heavy atom. The summed E-state index contributed by atoms with van der Waals surface area (Å²) in [5.41, 5.74) is 2.81. The molecule has 0 aliphatic rings. The van der Waals surface area contributed by atoms with E-state index in [9.17, 15) is 23.1 Å². The van der Waals surface area contributed by atoms with Crippen LogP contribution in [-0.2, 0) is 4.74 Å². The molecule has 40 heavy (non-hydrogen) atoms. The van der Waals surface area contributed by atoms with Gasteiger partial charge in [0, 0.05) is 29.2 Å². The summed E-state index contributed by atoms with van der Waals surface area (Å²) in [7, 11) is 1.50. The zero-order valence-electron chi connectivity index (χ0n) is 22.1. The Morgan fingerprint density at radius 1 is 0.800 bits per heavy atom. The van der Waals surface area contributed by atoms with Crippen LogP contribution in [-0.4, -0.2) is 23.2 Å². The minimum absolute atomic E-state index is 0.133. The van der Waals surface area contributed by atoms with Crippen molar-refractivity contribution in [2.75, 3.05) is 7.11 Å². The zero-order chi connectivity index (χ0) is 28.6. The van der Waals surface area contributed by atoms with Crippen molar-refractivity contribution in [3.8, 4) is 22.4 Å². The maximum Gasteiger partial charge on any atom is 0.338 e. The fraction of sp³-hybridized carbons (Fsp3) is 0.152. The highest BCUT2D eigenvalue weighted by atomic mass is 19.1. The summed E-state index contributed by atoms with van der Waals surface area (Å²) >= 11 is 0. The summed E-state index contributed by atoms with van der Waals surface area (Å²) in [4.78, 5) is 17.8. The third kappa shape index (κ3) is 4.84. The van der Waals surface area contributed by atoms with Crippen molar-refractivity contribution >= 4 is 16.7 Å². The summed E-state index contributed by atoms with van der Waals surface area (Å²) < 4.78 is 48.7. The van der Waals surface area contributed by atoms with Gasteiger partial charge in [-0.25, -0.2) is 18.0 Å². The minimum Gasteiger partial charge on any atom is -0.478 e. The molecule has 1 atom stereocenters. The third-order valence-electron chi connectivity index (χ3n) is 6.96. The van der Waals surface area contributed by atoms with Gasteiger partial charge in [-0.1, -0.05) is 56.3 Å². The average molecular weight is 542 g/mol. The number of hydrogen-bond donors (Lipinski definition) is 1. The highest BCUT2D eigenvalue weighted by molar-refractivity contribution is 6.03. The summed E-state index contributed by atoms with van der Waals surface area (Å²) in [6, 6.07) is 20.9. The first-order valence-corrected chi connectivity index (χ1v) is 12.7. The smallest absolute Gasteiger partial charge is 0.338 e. The molecular formula is C33H26F3NO3. The summed E-state index contributed by atoms with van der Waals surface area (Å²) in [5, 5.41) is 11.6. The molecule has 0 saturated carbocycles. The number of nitrogens with zero attached hydrogens (tertiary/aromatic N) is 1. The molecule has 202 valence electrons. The first kappa shape index (κ1) is 27.1. The van der Waals surface area contributed by atoms with Crippen LogP contribution in [0, 0.1) is 17.5 Å². The van der Waals surface area contributed by atoms with Gasteiger partial charge in [0.2, 0.25) is 0 Å². The van der Waals surface area contributed by atoms with E-state index in [1.807, 2.05) is 13.8 Å². The van der Waals surface area contributed by atoms with Gasteiger partial charge in [0.25, 0.3) is 0 Å². The Hall–Kier alpha value is -4.49. The van der Waals surface area contributed by atoms with E-state index in [-0.39, 0.29) is 17.2 Å². The second-order valence-corrected chi connectivity index (χ2v) is 9.78. The number of fused-ring (bicyclic) bond motifs is 1. The van der Waals surface area contributed by atoms with Crippen LogP contribution in [0.3, 0.4) is 0 Å². The molecule has 0 aliphatic heterocycles. The van der Waals surface area contributed by atoms with E-state index in [0.717, 1.165) is 0 Å². The molecule has 5 rings (SSSR count). The van der Waals surface area contributed by atoms with Crippen LogP contribution in [0.5, 0.6) is 0 Å². The van der Waals surface area contributed by atoms with Gasteiger partial charge in [0.05, 0.1) is 17.0 Å². The quantitative estimate of drug-likeness (QED) is 0.224. The van der Waals surface area contributed by atoms with E-state index in [1.165, 1.54) is 61.7 Å². The largest absolute Gasteiger partial charge is 0.478 e. The number of carboxylic acids is 1. The van der Waals surface area contributed by atoms with Crippen molar-refractivity contribution in [3.05, 3.63) is 125 Å². The van der Waals surface area contributed by atoms with Crippen molar-refractivity contribution in [1.82, 2.24) is 4.98 Å². The van der Waals surface area contributed by atoms with E-state index < -0.39 is 29.5 Å². The number of ether oxygens (including phenoxy) is 1. The number of carboxylic acid groups (broad SMARTS) is 1. The number of pyridine rings is 1. The maximum absolute atomic E-state index is 14.8. The molecule has 1 heterocycles. The van der Waals surface area contributed by atoms with Crippen LogP contribution < -0.4 is 0 Å². The number of rotatable bonds is 7. The van der Waals surface area contributed by atoms with E-state index >= 15 is 0 Å². The number of aromatic nitrogens is 1. The van der Waals surface area contributed by atoms with Gasteiger partial charge >= 0.3 is 5.97 Å². The van der Waals surface area contributed by atoms with Crippen molar-refractivity contribution in [2.45, 2.75) is 25.9 Å². The molecule has 0 radical (unpaired) electrons. The van der Waals surface area contributed by atoms with Crippen LogP contribution in [0.4, 0.5) is 13.2 Å².